The van der Waals surface area contributed by atoms with Crippen LogP contribution in [0, 0.1) is 5.92 Å². The van der Waals surface area contributed by atoms with Crippen LogP contribution in [0.4, 0.5) is 0 Å². The second kappa shape index (κ2) is 6.53. The molecule has 0 amide bonds. The maximum absolute atomic E-state index is 12.2. The molecule has 1 saturated carbocycles. The van der Waals surface area contributed by atoms with Crippen molar-refractivity contribution in [3.8, 4) is 0 Å². The van der Waals surface area contributed by atoms with Crippen LogP contribution < -0.4 is 0 Å². The highest BCUT2D eigenvalue weighted by molar-refractivity contribution is 6.30. The lowest BCUT2D eigenvalue weighted by atomic mass is 9.88. The lowest BCUT2D eigenvalue weighted by molar-refractivity contribution is -0.0200. The zero-order valence-electron chi connectivity index (χ0n) is 11.6. The fourth-order valence-corrected chi connectivity index (χ4v) is 2.83. The molecule has 1 fully saturated rings. The van der Waals surface area contributed by atoms with Crippen LogP contribution in [-0.2, 0) is 4.74 Å². The van der Waals surface area contributed by atoms with Crippen molar-refractivity contribution in [2.24, 2.45) is 5.92 Å². The van der Waals surface area contributed by atoms with E-state index in [1.807, 2.05) is 6.92 Å². The van der Waals surface area contributed by atoms with E-state index in [2.05, 4.69) is 6.92 Å². The van der Waals surface area contributed by atoms with Crippen molar-refractivity contribution >= 4 is 17.4 Å². The topological polar surface area (TPSA) is 26.3 Å². The quantitative estimate of drug-likeness (QED) is 0.759. The van der Waals surface area contributed by atoms with Gasteiger partial charge < -0.3 is 4.74 Å². The van der Waals surface area contributed by atoms with Gasteiger partial charge >= 0.3 is 0 Å². The molecule has 0 spiro atoms. The molecule has 2 nitrogen and oxygen atoms in total. The van der Waals surface area contributed by atoms with Crippen LogP contribution in [0.25, 0.3) is 0 Å². The first-order chi connectivity index (χ1) is 9.06. The second-order valence-corrected chi connectivity index (χ2v) is 5.98. The second-order valence-electron chi connectivity index (χ2n) is 5.54. The van der Waals surface area contributed by atoms with E-state index in [1.165, 1.54) is 12.8 Å². The number of benzene rings is 1. The molecule has 0 heterocycles. The van der Waals surface area contributed by atoms with Crippen molar-refractivity contribution in [2.75, 3.05) is 0 Å². The van der Waals surface area contributed by atoms with E-state index in [9.17, 15) is 4.79 Å². The molecule has 3 atom stereocenters. The van der Waals surface area contributed by atoms with Crippen LogP contribution in [0.1, 0.15) is 49.9 Å². The molecule has 1 aliphatic rings. The number of ketones is 1. The van der Waals surface area contributed by atoms with Gasteiger partial charge in [0.2, 0.25) is 0 Å². The van der Waals surface area contributed by atoms with Gasteiger partial charge in [-0.1, -0.05) is 31.4 Å². The summed E-state index contributed by atoms with van der Waals surface area (Å²) in [7, 11) is 0. The number of carbonyl (C=O) groups is 1. The molecule has 0 N–H and O–H groups in total. The first-order valence-corrected chi connectivity index (χ1v) is 7.39. The first-order valence-electron chi connectivity index (χ1n) is 7.01. The number of hydrogen-bond donors (Lipinski definition) is 0. The van der Waals surface area contributed by atoms with Gasteiger partial charge in [-0.15, -0.1) is 0 Å². The lowest BCUT2D eigenvalue weighted by Gasteiger charge is -2.28. The Kier molecular flexibility index (Phi) is 5.00. The number of hydrogen-bond acceptors (Lipinski definition) is 2. The van der Waals surface area contributed by atoms with E-state index < -0.39 is 0 Å². The minimum absolute atomic E-state index is 0.0369. The predicted octanol–water partition coefficient (Wildman–Crippen LogP) is 4.51. The van der Waals surface area contributed by atoms with Crippen molar-refractivity contribution in [3.05, 3.63) is 34.9 Å². The summed E-state index contributed by atoms with van der Waals surface area (Å²) in [5.41, 5.74) is 0.667. The van der Waals surface area contributed by atoms with Gasteiger partial charge in [-0.25, -0.2) is 0 Å². The molecular formula is C16H21ClO2. The molecule has 1 aromatic carbocycles. The van der Waals surface area contributed by atoms with Crippen LogP contribution in [0.2, 0.25) is 5.02 Å². The van der Waals surface area contributed by atoms with Crippen molar-refractivity contribution in [1.29, 1.82) is 0 Å². The number of carbonyl (C=O) groups excluding carboxylic acids is 1. The first kappa shape index (κ1) is 14.5. The summed E-state index contributed by atoms with van der Waals surface area (Å²) in [6.45, 7) is 4.09. The van der Waals surface area contributed by atoms with Crippen LogP contribution in [0.5, 0.6) is 0 Å². The Balaban J connectivity index is 1.93. The number of Topliss-reactive ketones (excluding diaryl/α,β-unsaturated/α-hetero) is 1. The molecular weight excluding hydrogens is 260 g/mol. The highest BCUT2D eigenvalue weighted by atomic mass is 35.5. The highest BCUT2D eigenvalue weighted by Gasteiger charge is 2.24. The van der Waals surface area contributed by atoms with Crippen molar-refractivity contribution < 1.29 is 9.53 Å². The average Bonchev–Trinajstić information content (AvgIpc) is 2.39. The Bertz CT molecular complexity index is 427. The van der Waals surface area contributed by atoms with Crippen molar-refractivity contribution in [1.82, 2.24) is 0 Å². The van der Waals surface area contributed by atoms with E-state index in [0.29, 0.717) is 16.5 Å². The third kappa shape index (κ3) is 4.05. The Morgan fingerprint density at radius 3 is 2.63 bits per heavy atom. The summed E-state index contributed by atoms with van der Waals surface area (Å²) in [4.78, 5) is 12.2. The fourth-order valence-electron chi connectivity index (χ4n) is 2.70. The monoisotopic (exact) mass is 280 g/mol. The average molecular weight is 281 g/mol. The summed E-state index contributed by atoms with van der Waals surface area (Å²) in [5.74, 6) is 0.742. The van der Waals surface area contributed by atoms with Crippen molar-refractivity contribution in [3.63, 3.8) is 0 Å². The Labute approximate surface area is 120 Å². The molecule has 19 heavy (non-hydrogen) atoms. The Hall–Kier alpha value is -0.860. The molecule has 2 rings (SSSR count). The molecule has 3 heteroatoms. The zero-order chi connectivity index (χ0) is 13.8. The summed E-state index contributed by atoms with van der Waals surface area (Å²) < 4.78 is 5.93. The molecule has 0 radical (unpaired) electrons. The fraction of sp³-hybridized carbons (Fsp3) is 0.562. The third-order valence-corrected chi connectivity index (χ3v) is 4.03. The van der Waals surface area contributed by atoms with Gasteiger partial charge in [-0.05, 0) is 49.9 Å². The minimum Gasteiger partial charge on any atom is -0.367 e. The smallest absolute Gasteiger partial charge is 0.191 e. The Morgan fingerprint density at radius 2 is 2.00 bits per heavy atom. The Morgan fingerprint density at radius 1 is 1.32 bits per heavy atom. The van der Waals surface area contributed by atoms with E-state index in [4.69, 9.17) is 16.3 Å². The van der Waals surface area contributed by atoms with Crippen molar-refractivity contribution in [2.45, 2.75) is 51.7 Å². The third-order valence-electron chi connectivity index (χ3n) is 3.78. The minimum atomic E-state index is -0.378. The van der Waals surface area contributed by atoms with E-state index >= 15 is 0 Å². The van der Waals surface area contributed by atoms with Gasteiger partial charge in [0.1, 0.15) is 6.10 Å². The maximum atomic E-state index is 12.2. The molecule has 0 saturated heterocycles. The van der Waals surface area contributed by atoms with Gasteiger partial charge in [-0.3, -0.25) is 4.79 Å². The molecule has 104 valence electrons. The number of halogens is 1. The normalized spacial score (nSPS) is 25.0. The van der Waals surface area contributed by atoms with E-state index in [-0.39, 0.29) is 18.0 Å². The number of ether oxygens (including phenoxy) is 1. The SMILES string of the molecule is CC1CCCC(OC(C)C(=O)c2ccc(Cl)cc2)C1. The molecule has 1 aliphatic carbocycles. The van der Waals surface area contributed by atoms with Gasteiger partial charge in [0.15, 0.2) is 5.78 Å². The van der Waals surface area contributed by atoms with Gasteiger partial charge in [0.05, 0.1) is 6.10 Å². The van der Waals surface area contributed by atoms with Gasteiger partial charge in [0, 0.05) is 10.6 Å². The molecule has 1 aromatic rings. The standard InChI is InChI=1S/C16H21ClO2/c1-11-4-3-5-15(10-11)19-12(2)16(18)13-6-8-14(17)9-7-13/h6-9,11-12,15H,3-5,10H2,1-2H3. The number of rotatable bonds is 4. The summed E-state index contributed by atoms with van der Waals surface area (Å²) in [6, 6.07) is 7.00. The summed E-state index contributed by atoms with van der Waals surface area (Å²) in [6.07, 6.45) is 4.47. The zero-order valence-corrected chi connectivity index (χ0v) is 12.3. The largest absolute Gasteiger partial charge is 0.367 e. The van der Waals surface area contributed by atoms with Crippen LogP contribution in [-0.4, -0.2) is 18.0 Å². The summed E-state index contributed by atoms with van der Waals surface area (Å²) >= 11 is 5.83. The predicted molar refractivity (Wildman–Crippen MR) is 77.7 cm³/mol. The van der Waals surface area contributed by atoms with Crippen LogP contribution in [0.3, 0.4) is 0 Å². The highest BCUT2D eigenvalue weighted by Crippen LogP contribution is 2.27. The van der Waals surface area contributed by atoms with Crippen LogP contribution in [0.15, 0.2) is 24.3 Å². The summed E-state index contributed by atoms with van der Waals surface area (Å²) in [5, 5.41) is 0.645. The molecule has 3 unspecified atom stereocenters. The van der Waals surface area contributed by atoms with Crippen LogP contribution >= 0.6 is 11.6 Å². The van der Waals surface area contributed by atoms with E-state index in [0.717, 1.165) is 12.8 Å². The van der Waals surface area contributed by atoms with E-state index in [1.54, 1.807) is 24.3 Å². The molecule has 0 aromatic heterocycles. The maximum Gasteiger partial charge on any atom is 0.191 e. The molecule has 0 bridgehead atoms. The van der Waals surface area contributed by atoms with Gasteiger partial charge in [-0.2, -0.15) is 0 Å². The lowest BCUT2D eigenvalue weighted by Crippen LogP contribution is -2.30. The van der Waals surface area contributed by atoms with Gasteiger partial charge in [0.25, 0.3) is 0 Å². The molecule has 0 aliphatic heterocycles.